The van der Waals surface area contributed by atoms with Crippen molar-refractivity contribution in [2.75, 3.05) is 26.9 Å². The van der Waals surface area contributed by atoms with E-state index in [1.54, 1.807) is 31.4 Å². The largest absolute Gasteiger partial charge is 0.491 e. The van der Waals surface area contributed by atoms with Gasteiger partial charge in [0.15, 0.2) is 0 Å². The van der Waals surface area contributed by atoms with Crippen molar-refractivity contribution in [3.05, 3.63) is 24.3 Å². The summed E-state index contributed by atoms with van der Waals surface area (Å²) in [6, 6.07) is 6.67. The van der Waals surface area contributed by atoms with E-state index in [0.717, 1.165) is 0 Å². The summed E-state index contributed by atoms with van der Waals surface area (Å²) >= 11 is 0. The Balaban J connectivity index is 2.29. The fraction of sp³-hybridized carbons (Fsp3) is 0.500. The van der Waals surface area contributed by atoms with E-state index in [9.17, 15) is 0 Å². The summed E-state index contributed by atoms with van der Waals surface area (Å²) in [5, 5.41) is 18.0. The predicted molar refractivity (Wildman–Crippen MR) is 69.1 cm³/mol. The lowest BCUT2D eigenvalue weighted by molar-refractivity contribution is -0.00213. The van der Waals surface area contributed by atoms with E-state index < -0.39 is 7.12 Å². The van der Waals surface area contributed by atoms with Crippen LogP contribution in [0.5, 0.6) is 5.75 Å². The maximum absolute atomic E-state index is 9.01. The van der Waals surface area contributed by atoms with Crippen molar-refractivity contribution in [1.29, 1.82) is 0 Å². The third-order valence-electron chi connectivity index (χ3n) is 2.31. The van der Waals surface area contributed by atoms with Crippen LogP contribution >= 0.6 is 0 Å². The van der Waals surface area contributed by atoms with Crippen LogP contribution in [-0.2, 0) is 9.47 Å². The van der Waals surface area contributed by atoms with Crippen molar-refractivity contribution in [3.8, 4) is 5.75 Å². The minimum atomic E-state index is -1.48. The molecule has 6 heteroatoms. The summed E-state index contributed by atoms with van der Waals surface area (Å²) in [6.07, 6.45) is 0.0317. The minimum Gasteiger partial charge on any atom is -0.491 e. The topological polar surface area (TPSA) is 68.2 Å². The second-order valence-electron chi connectivity index (χ2n) is 3.93. The summed E-state index contributed by atoms with van der Waals surface area (Å²) in [5.74, 6) is 0.587. The number of methoxy groups -OCH3 is 1. The second-order valence-corrected chi connectivity index (χ2v) is 3.93. The zero-order chi connectivity index (χ0) is 13.4. The van der Waals surface area contributed by atoms with Crippen molar-refractivity contribution in [2.45, 2.75) is 13.0 Å². The number of rotatable bonds is 8. The van der Waals surface area contributed by atoms with Crippen molar-refractivity contribution in [3.63, 3.8) is 0 Å². The molecule has 0 bridgehead atoms. The van der Waals surface area contributed by atoms with Gasteiger partial charge in [-0.05, 0) is 24.5 Å². The van der Waals surface area contributed by atoms with E-state index in [1.165, 1.54) is 0 Å². The quantitative estimate of drug-likeness (QED) is 0.496. The first kappa shape index (κ1) is 15.0. The van der Waals surface area contributed by atoms with E-state index in [-0.39, 0.29) is 6.10 Å². The maximum atomic E-state index is 9.01. The highest BCUT2D eigenvalue weighted by molar-refractivity contribution is 6.58. The zero-order valence-corrected chi connectivity index (χ0v) is 10.7. The molecule has 1 atom stereocenters. The number of benzene rings is 1. The highest BCUT2D eigenvalue weighted by Gasteiger charge is 2.11. The molecule has 0 fully saturated rings. The van der Waals surface area contributed by atoms with Gasteiger partial charge in [0.2, 0.25) is 0 Å². The minimum absolute atomic E-state index is 0.0317. The predicted octanol–water partition coefficient (Wildman–Crippen LogP) is -0.203. The third-order valence-corrected chi connectivity index (χ3v) is 2.31. The number of hydrogen-bond acceptors (Lipinski definition) is 5. The van der Waals surface area contributed by atoms with Crippen LogP contribution in [-0.4, -0.2) is 50.2 Å². The molecule has 18 heavy (non-hydrogen) atoms. The van der Waals surface area contributed by atoms with Gasteiger partial charge in [0.05, 0.1) is 19.3 Å². The van der Waals surface area contributed by atoms with E-state index in [4.69, 9.17) is 24.3 Å². The zero-order valence-electron chi connectivity index (χ0n) is 10.7. The standard InChI is InChI=1S/C12H19BO5/c1-10(9-16-2)17-6-7-18-12-5-3-4-11(8-12)13(14)15/h3-5,8,10,14-15H,6-7,9H2,1-2H3. The monoisotopic (exact) mass is 254 g/mol. The molecular formula is C12H19BO5. The van der Waals surface area contributed by atoms with Crippen LogP contribution < -0.4 is 10.2 Å². The van der Waals surface area contributed by atoms with Crippen LogP contribution in [0.25, 0.3) is 0 Å². The summed E-state index contributed by atoms with van der Waals surface area (Å²) in [6.45, 7) is 3.33. The molecule has 5 nitrogen and oxygen atoms in total. The van der Waals surface area contributed by atoms with E-state index in [0.29, 0.717) is 31.0 Å². The average molecular weight is 254 g/mol. The Hall–Kier alpha value is -1.08. The molecule has 0 saturated carbocycles. The van der Waals surface area contributed by atoms with Crippen molar-refractivity contribution >= 4 is 12.6 Å². The molecule has 1 aromatic rings. The molecule has 0 spiro atoms. The Morgan fingerprint density at radius 2 is 2.06 bits per heavy atom. The van der Waals surface area contributed by atoms with Crippen LogP contribution in [0.4, 0.5) is 0 Å². The van der Waals surface area contributed by atoms with Crippen LogP contribution in [0, 0.1) is 0 Å². The third kappa shape index (κ3) is 5.51. The first-order valence-electron chi connectivity index (χ1n) is 5.83. The molecule has 1 aromatic carbocycles. The normalized spacial score (nSPS) is 12.2. The Bertz CT molecular complexity index is 345. The van der Waals surface area contributed by atoms with Gasteiger partial charge in [0, 0.05) is 7.11 Å². The lowest BCUT2D eigenvalue weighted by Gasteiger charge is -2.12. The van der Waals surface area contributed by atoms with Gasteiger partial charge in [-0.1, -0.05) is 12.1 Å². The number of hydrogen-bond donors (Lipinski definition) is 2. The molecule has 0 aliphatic rings. The summed E-state index contributed by atoms with van der Waals surface area (Å²) < 4.78 is 15.8. The molecule has 0 saturated heterocycles. The highest BCUT2D eigenvalue weighted by atomic mass is 16.5. The Morgan fingerprint density at radius 3 is 2.72 bits per heavy atom. The summed E-state index contributed by atoms with van der Waals surface area (Å²) in [7, 11) is 0.147. The number of ether oxygens (including phenoxy) is 3. The molecule has 1 unspecified atom stereocenters. The molecule has 1 rings (SSSR count). The first-order valence-corrected chi connectivity index (χ1v) is 5.83. The van der Waals surface area contributed by atoms with Crippen molar-refractivity contribution in [2.24, 2.45) is 0 Å². The van der Waals surface area contributed by atoms with Crippen LogP contribution in [0.3, 0.4) is 0 Å². The molecular weight excluding hydrogens is 235 g/mol. The lowest BCUT2D eigenvalue weighted by Crippen LogP contribution is -2.29. The van der Waals surface area contributed by atoms with Gasteiger partial charge in [0.1, 0.15) is 12.4 Å². The molecule has 0 radical (unpaired) electrons. The maximum Gasteiger partial charge on any atom is 0.488 e. The SMILES string of the molecule is COCC(C)OCCOc1cccc(B(O)O)c1. The summed E-state index contributed by atoms with van der Waals surface area (Å²) in [4.78, 5) is 0. The molecule has 0 heterocycles. The molecule has 0 aliphatic carbocycles. The highest BCUT2D eigenvalue weighted by Crippen LogP contribution is 2.07. The van der Waals surface area contributed by atoms with Gasteiger partial charge >= 0.3 is 7.12 Å². The fourth-order valence-corrected chi connectivity index (χ4v) is 1.46. The van der Waals surface area contributed by atoms with E-state index in [2.05, 4.69) is 0 Å². The fourth-order valence-electron chi connectivity index (χ4n) is 1.46. The van der Waals surface area contributed by atoms with E-state index >= 15 is 0 Å². The molecule has 0 aromatic heterocycles. The second kappa shape index (κ2) is 8.10. The van der Waals surface area contributed by atoms with Crippen LogP contribution in [0.2, 0.25) is 0 Å². The van der Waals surface area contributed by atoms with Gasteiger partial charge in [-0.15, -0.1) is 0 Å². The van der Waals surface area contributed by atoms with Gasteiger partial charge in [0.25, 0.3) is 0 Å². The average Bonchev–Trinajstić information content (AvgIpc) is 2.35. The van der Waals surface area contributed by atoms with Crippen LogP contribution in [0.1, 0.15) is 6.92 Å². The Morgan fingerprint density at radius 1 is 1.28 bits per heavy atom. The molecule has 0 aliphatic heterocycles. The lowest BCUT2D eigenvalue weighted by atomic mass is 9.80. The van der Waals surface area contributed by atoms with Crippen LogP contribution in [0.15, 0.2) is 24.3 Å². The smallest absolute Gasteiger partial charge is 0.488 e. The van der Waals surface area contributed by atoms with Gasteiger partial charge in [-0.25, -0.2) is 0 Å². The van der Waals surface area contributed by atoms with Gasteiger partial charge in [-0.2, -0.15) is 0 Å². The molecule has 2 N–H and O–H groups in total. The first-order chi connectivity index (χ1) is 8.63. The summed E-state index contributed by atoms with van der Waals surface area (Å²) in [5.41, 5.74) is 0.404. The Labute approximate surface area is 107 Å². The molecule has 100 valence electrons. The molecule has 0 amide bonds. The van der Waals surface area contributed by atoms with Crippen molar-refractivity contribution in [1.82, 2.24) is 0 Å². The van der Waals surface area contributed by atoms with Gasteiger partial charge in [-0.3, -0.25) is 0 Å². The Kier molecular flexibility index (Phi) is 6.74. The van der Waals surface area contributed by atoms with Crippen molar-refractivity contribution < 1.29 is 24.3 Å². The van der Waals surface area contributed by atoms with Gasteiger partial charge < -0.3 is 24.3 Å². The van der Waals surface area contributed by atoms with E-state index in [1.807, 2.05) is 6.92 Å².